The van der Waals surface area contributed by atoms with E-state index in [-0.39, 0.29) is 24.2 Å². The Morgan fingerprint density at radius 2 is 1.89 bits per heavy atom. The van der Waals surface area contributed by atoms with Crippen LogP contribution >= 0.6 is 0 Å². The number of nitrogens with one attached hydrogen (secondary N) is 1. The van der Waals surface area contributed by atoms with Gasteiger partial charge < -0.3 is 15.3 Å². The Kier molecular flexibility index (Phi) is 7.20. The van der Waals surface area contributed by atoms with Crippen molar-refractivity contribution in [3.8, 4) is 22.3 Å². The van der Waals surface area contributed by atoms with Gasteiger partial charge in [-0.3, -0.25) is 14.6 Å². The van der Waals surface area contributed by atoms with Gasteiger partial charge in [0.15, 0.2) is 0 Å². The Bertz CT molecular complexity index is 1510. The summed E-state index contributed by atoms with van der Waals surface area (Å²) in [5.41, 5.74) is 5.44. The molecule has 1 saturated heterocycles. The summed E-state index contributed by atoms with van der Waals surface area (Å²) in [7, 11) is 1.80. The number of hydrogen-bond donors (Lipinski definition) is 2. The number of amides is 1. The minimum Gasteiger partial charge on any atom is -0.481 e. The largest absolute Gasteiger partial charge is 0.481 e. The molecule has 1 fully saturated rings. The van der Waals surface area contributed by atoms with Gasteiger partial charge in [0.25, 0.3) is 5.91 Å². The Morgan fingerprint density at radius 1 is 1.08 bits per heavy atom. The van der Waals surface area contributed by atoms with Gasteiger partial charge >= 0.3 is 5.97 Å². The molecule has 0 bridgehead atoms. The number of likely N-dealkylation sites (N-methyl/N-ethyl adjacent to an activating group) is 1. The molecule has 0 aliphatic carbocycles. The number of rotatable bonds is 7. The van der Waals surface area contributed by atoms with Crippen LogP contribution in [-0.4, -0.2) is 53.0 Å². The van der Waals surface area contributed by atoms with Gasteiger partial charge in [-0.2, -0.15) is 0 Å². The number of aryl methyl sites for hydroxylation is 1. The zero-order chi connectivity index (χ0) is 26.8. The minimum atomic E-state index is -0.896. The maximum atomic E-state index is 14.4. The second-order valence-corrected chi connectivity index (χ2v) is 10.0. The molecule has 194 valence electrons. The predicted octanol–water partition coefficient (Wildman–Crippen LogP) is 5.47. The van der Waals surface area contributed by atoms with Gasteiger partial charge in [0.05, 0.1) is 17.5 Å². The number of carbonyl (C=O) groups excluding carboxylic acids is 1. The van der Waals surface area contributed by atoms with E-state index in [0.717, 1.165) is 36.1 Å². The third-order valence-corrected chi connectivity index (χ3v) is 7.05. The van der Waals surface area contributed by atoms with E-state index in [1.807, 2.05) is 49.4 Å². The highest BCUT2D eigenvalue weighted by Gasteiger charge is 2.25. The summed E-state index contributed by atoms with van der Waals surface area (Å²) in [6, 6.07) is 18.1. The van der Waals surface area contributed by atoms with Crippen molar-refractivity contribution in [1.29, 1.82) is 0 Å². The fourth-order valence-electron chi connectivity index (χ4n) is 5.27. The van der Waals surface area contributed by atoms with Crippen LogP contribution in [-0.2, 0) is 11.2 Å². The Morgan fingerprint density at radius 3 is 2.63 bits per heavy atom. The molecule has 6 nitrogen and oxygen atoms in total. The van der Waals surface area contributed by atoms with Crippen molar-refractivity contribution in [2.24, 2.45) is 0 Å². The topological polar surface area (TPSA) is 82.5 Å². The molecular weight excluding hydrogens is 481 g/mol. The molecule has 3 aromatic carbocycles. The lowest BCUT2D eigenvalue weighted by Crippen LogP contribution is -2.38. The van der Waals surface area contributed by atoms with Crippen LogP contribution in [0.15, 0.2) is 66.9 Å². The number of carbonyl (C=O) groups is 2. The van der Waals surface area contributed by atoms with Gasteiger partial charge in [0.1, 0.15) is 5.82 Å². The molecule has 7 heteroatoms. The number of benzene rings is 3. The van der Waals surface area contributed by atoms with Gasteiger partial charge in [0, 0.05) is 36.8 Å². The number of halogens is 1. The Balaban J connectivity index is 1.66. The Hall–Kier alpha value is -4.10. The zero-order valence-electron chi connectivity index (χ0n) is 21.5. The highest BCUT2D eigenvalue weighted by atomic mass is 19.1. The van der Waals surface area contributed by atoms with Crippen molar-refractivity contribution in [3.05, 3.63) is 89.4 Å². The van der Waals surface area contributed by atoms with Crippen LogP contribution in [0.1, 0.15) is 34.3 Å². The van der Waals surface area contributed by atoms with E-state index < -0.39 is 5.97 Å². The average molecular weight is 512 g/mol. The van der Waals surface area contributed by atoms with Gasteiger partial charge in [-0.1, -0.05) is 36.4 Å². The summed E-state index contributed by atoms with van der Waals surface area (Å²) in [6.07, 6.45) is 3.68. The molecule has 1 aromatic heterocycles. The number of carboxylic acids is 1. The van der Waals surface area contributed by atoms with E-state index >= 15 is 0 Å². The van der Waals surface area contributed by atoms with Crippen LogP contribution in [0, 0.1) is 12.7 Å². The van der Waals surface area contributed by atoms with Crippen molar-refractivity contribution in [3.63, 3.8) is 0 Å². The second-order valence-electron chi connectivity index (χ2n) is 10.0. The lowest BCUT2D eigenvalue weighted by molar-refractivity contribution is -0.136. The van der Waals surface area contributed by atoms with Gasteiger partial charge in [-0.05, 0) is 78.4 Å². The first kappa shape index (κ1) is 25.5. The van der Waals surface area contributed by atoms with E-state index in [1.54, 1.807) is 24.2 Å². The predicted molar refractivity (Wildman–Crippen MR) is 147 cm³/mol. The number of hydrogen-bond acceptors (Lipinski definition) is 4. The maximum absolute atomic E-state index is 14.4. The minimum absolute atomic E-state index is 0.0736. The molecule has 0 unspecified atom stereocenters. The van der Waals surface area contributed by atoms with Crippen LogP contribution < -0.4 is 5.32 Å². The third-order valence-electron chi connectivity index (χ3n) is 7.05. The zero-order valence-corrected chi connectivity index (χ0v) is 21.5. The molecule has 1 amide bonds. The molecular formula is C31H30FN3O3. The molecule has 5 rings (SSSR count). The molecule has 0 radical (unpaired) electrons. The van der Waals surface area contributed by atoms with Crippen molar-refractivity contribution in [2.45, 2.75) is 32.2 Å². The summed E-state index contributed by atoms with van der Waals surface area (Å²) >= 11 is 0. The molecule has 2 N–H and O–H groups in total. The highest BCUT2D eigenvalue weighted by molar-refractivity contribution is 6.12. The average Bonchev–Trinajstić information content (AvgIpc) is 3.39. The number of aliphatic carboxylic acids is 1. The van der Waals surface area contributed by atoms with Crippen LogP contribution in [0.25, 0.3) is 33.2 Å². The lowest BCUT2D eigenvalue weighted by Gasteiger charge is -2.24. The van der Waals surface area contributed by atoms with E-state index in [1.165, 1.54) is 12.1 Å². The van der Waals surface area contributed by atoms with E-state index in [4.69, 9.17) is 0 Å². The fraction of sp³-hybridized carbons (Fsp3) is 0.258. The molecule has 1 aliphatic heterocycles. The van der Waals surface area contributed by atoms with Crippen molar-refractivity contribution < 1.29 is 19.1 Å². The first-order valence-corrected chi connectivity index (χ1v) is 12.8. The summed E-state index contributed by atoms with van der Waals surface area (Å²) in [6.45, 7) is 3.34. The molecule has 38 heavy (non-hydrogen) atoms. The number of aromatic nitrogens is 1. The number of nitrogens with zero attached hydrogens (tertiary/aromatic N) is 2. The van der Waals surface area contributed by atoms with Crippen LogP contribution in [0.4, 0.5) is 4.39 Å². The second kappa shape index (κ2) is 10.7. The first-order valence-electron chi connectivity index (χ1n) is 12.8. The van der Waals surface area contributed by atoms with Crippen LogP contribution in [0.5, 0.6) is 0 Å². The molecule has 1 aliphatic rings. The number of carboxylic acid groups (broad SMARTS) is 1. The lowest BCUT2D eigenvalue weighted by atomic mass is 9.93. The summed E-state index contributed by atoms with van der Waals surface area (Å²) in [4.78, 5) is 31.6. The van der Waals surface area contributed by atoms with Crippen molar-refractivity contribution >= 4 is 22.8 Å². The standard InChI is InChI=1S/C31H30FN3O3/c1-19-11-23(15-24(32)12-19)27-17-34-28-9-8-22(21-6-3-5-20(13-21)14-29(36)37)16-26(28)30(27)31(38)35(2)18-25-7-4-10-33-25/h3,5-6,8-9,11-13,15-17,25,33H,4,7,10,14,18H2,1-2H3,(H,36,37)/t25-/m0/s1. The van der Waals surface area contributed by atoms with Crippen LogP contribution in [0.2, 0.25) is 0 Å². The van der Waals surface area contributed by atoms with Crippen LogP contribution in [0.3, 0.4) is 0 Å². The highest BCUT2D eigenvalue weighted by Crippen LogP contribution is 2.34. The monoisotopic (exact) mass is 511 g/mol. The summed E-state index contributed by atoms with van der Waals surface area (Å²) in [5, 5.41) is 13.3. The SMILES string of the molecule is Cc1cc(F)cc(-c2cnc3ccc(-c4cccc(CC(=O)O)c4)cc3c2C(=O)N(C)C[C@@H]2CCCN2)c1. The fourth-order valence-corrected chi connectivity index (χ4v) is 5.27. The first-order chi connectivity index (χ1) is 18.3. The smallest absolute Gasteiger partial charge is 0.307 e. The summed E-state index contributed by atoms with van der Waals surface area (Å²) < 4.78 is 14.4. The van der Waals surface area contributed by atoms with Gasteiger partial charge in [0.2, 0.25) is 0 Å². The van der Waals surface area contributed by atoms with E-state index in [2.05, 4.69) is 10.3 Å². The molecule has 0 saturated carbocycles. The number of pyridine rings is 1. The quantitative estimate of drug-likeness (QED) is 0.344. The third kappa shape index (κ3) is 5.43. The molecule has 1 atom stereocenters. The normalized spacial score (nSPS) is 15.1. The summed E-state index contributed by atoms with van der Waals surface area (Å²) in [5.74, 6) is -1.42. The number of fused-ring (bicyclic) bond motifs is 1. The Labute approximate surface area is 221 Å². The van der Waals surface area contributed by atoms with E-state index in [0.29, 0.717) is 39.7 Å². The van der Waals surface area contributed by atoms with Crippen molar-refractivity contribution in [2.75, 3.05) is 20.1 Å². The molecule has 4 aromatic rings. The van der Waals surface area contributed by atoms with Gasteiger partial charge in [-0.15, -0.1) is 0 Å². The molecule has 0 spiro atoms. The van der Waals surface area contributed by atoms with Gasteiger partial charge in [-0.25, -0.2) is 4.39 Å². The molecule has 2 heterocycles. The van der Waals surface area contributed by atoms with Crippen molar-refractivity contribution in [1.82, 2.24) is 15.2 Å². The maximum Gasteiger partial charge on any atom is 0.307 e. The van der Waals surface area contributed by atoms with E-state index in [9.17, 15) is 19.1 Å².